The van der Waals surface area contributed by atoms with Crippen LogP contribution in [0.2, 0.25) is 0 Å². The summed E-state index contributed by atoms with van der Waals surface area (Å²) in [5.74, 6) is 0.279. The summed E-state index contributed by atoms with van der Waals surface area (Å²) in [6.45, 7) is 6.00. The molecule has 25 heavy (non-hydrogen) atoms. The van der Waals surface area contributed by atoms with Gasteiger partial charge in [-0.3, -0.25) is 19.9 Å². The zero-order valence-corrected chi connectivity index (χ0v) is 14.4. The Hall–Kier alpha value is -2.22. The van der Waals surface area contributed by atoms with Gasteiger partial charge in [0.05, 0.1) is 18.3 Å². The molecule has 2 heterocycles. The van der Waals surface area contributed by atoms with Gasteiger partial charge in [-0.15, -0.1) is 0 Å². The number of carbonyl (C=O) groups excluding carboxylic acids is 1. The maximum atomic E-state index is 12.0. The first kappa shape index (κ1) is 17.6. The zero-order chi connectivity index (χ0) is 17.6. The fourth-order valence-electron chi connectivity index (χ4n) is 2.96. The molecular weight excluding hydrogens is 320 g/mol. The monoisotopic (exact) mass is 344 g/mol. The highest BCUT2D eigenvalue weighted by atomic mass is 16.5. The fraction of sp³-hybridized carbons (Fsp3) is 0.444. The number of carbonyl (C=O) groups is 1. The van der Waals surface area contributed by atoms with E-state index in [1.165, 1.54) is 0 Å². The molecule has 0 saturated carbocycles. The van der Waals surface area contributed by atoms with E-state index in [0.29, 0.717) is 19.0 Å². The lowest BCUT2D eigenvalue weighted by atomic mass is 10.1. The molecule has 2 aromatic rings. The van der Waals surface area contributed by atoms with Gasteiger partial charge < -0.3 is 9.63 Å². The van der Waals surface area contributed by atoms with E-state index in [2.05, 4.69) is 20.3 Å². The summed E-state index contributed by atoms with van der Waals surface area (Å²) in [5.41, 5.74) is 1.67. The molecule has 7 nitrogen and oxygen atoms in total. The van der Waals surface area contributed by atoms with Crippen molar-refractivity contribution in [2.45, 2.75) is 13.0 Å². The predicted octanol–water partition coefficient (Wildman–Crippen LogP) is 1.27. The first-order valence-corrected chi connectivity index (χ1v) is 8.51. The van der Waals surface area contributed by atoms with Crippen LogP contribution < -0.4 is 5.32 Å². The minimum Gasteiger partial charge on any atom is -0.387 e. The Morgan fingerprint density at radius 1 is 1.24 bits per heavy atom. The number of rotatable bonds is 6. The number of hydrogen-bond acceptors (Lipinski definition) is 6. The van der Waals surface area contributed by atoms with Crippen molar-refractivity contribution < 1.29 is 14.4 Å². The third kappa shape index (κ3) is 5.12. The molecule has 1 atom stereocenters. The van der Waals surface area contributed by atoms with Crippen molar-refractivity contribution in [2.75, 3.05) is 44.6 Å². The highest BCUT2D eigenvalue weighted by Gasteiger charge is 2.21. The van der Waals surface area contributed by atoms with E-state index in [1.807, 2.05) is 37.3 Å². The molecule has 1 aliphatic rings. The Labute approximate surface area is 147 Å². The number of aryl methyl sites for hydroxylation is 1. The Morgan fingerprint density at radius 3 is 2.56 bits per heavy atom. The highest BCUT2D eigenvalue weighted by molar-refractivity contribution is 5.90. The van der Waals surface area contributed by atoms with Gasteiger partial charge >= 0.3 is 0 Å². The number of β-amino-alcohol motifs (C(OH)–C–C–N with tert-alkyl or cyclic N) is 1. The first-order valence-electron chi connectivity index (χ1n) is 8.51. The number of hydrogen-bond donors (Lipinski definition) is 2. The highest BCUT2D eigenvalue weighted by Crippen LogP contribution is 2.15. The van der Waals surface area contributed by atoms with Crippen molar-refractivity contribution >= 4 is 11.8 Å². The number of aliphatic hydroxyl groups is 1. The summed E-state index contributed by atoms with van der Waals surface area (Å²) in [5, 5.41) is 16.8. The van der Waals surface area contributed by atoms with Crippen molar-refractivity contribution in [2.24, 2.45) is 0 Å². The molecule has 134 valence electrons. The van der Waals surface area contributed by atoms with Crippen LogP contribution in [-0.2, 0) is 4.79 Å². The maximum absolute atomic E-state index is 12.0. The van der Waals surface area contributed by atoms with Crippen LogP contribution in [0.15, 0.2) is 40.9 Å². The second-order valence-corrected chi connectivity index (χ2v) is 6.38. The number of anilines is 1. The summed E-state index contributed by atoms with van der Waals surface area (Å²) < 4.78 is 4.99. The lowest BCUT2D eigenvalue weighted by molar-refractivity contribution is -0.117. The molecular formula is C18H24N4O3. The molecule has 7 heteroatoms. The molecule has 1 amide bonds. The molecule has 1 aliphatic heterocycles. The van der Waals surface area contributed by atoms with Crippen LogP contribution in [0.5, 0.6) is 0 Å². The van der Waals surface area contributed by atoms with E-state index >= 15 is 0 Å². The van der Waals surface area contributed by atoms with E-state index in [4.69, 9.17) is 4.52 Å². The topological polar surface area (TPSA) is 81.8 Å². The molecule has 0 spiro atoms. The van der Waals surface area contributed by atoms with Gasteiger partial charge in [0.1, 0.15) is 0 Å². The third-order valence-corrected chi connectivity index (χ3v) is 4.34. The molecule has 0 aliphatic carbocycles. The summed E-state index contributed by atoms with van der Waals surface area (Å²) >= 11 is 0. The average molecular weight is 344 g/mol. The van der Waals surface area contributed by atoms with E-state index < -0.39 is 6.10 Å². The normalized spacial score (nSPS) is 17.4. The van der Waals surface area contributed by atoms with Gasteiger partial charge in [-0.25, -0.2) is 0 Å². The van der Waals surface area contributed by atoms with Crippen LogP contribution in [0.4, 0.5) is 5.88 Å². The lowest BCUT2D eigenvalue weighted by Gasteiger charge is -2.35. The number of aliphatic hydroxyl groups excluding tert-OH is 1. The summed E-state index contributed by atoms with van der Waals surface area (Å²) in [6, 6.07) is 11.4. The van der Waals surface area contributed by atoms with Crippen molar-refractivity contribution in [1.29, 1.82) is 0 Å². The Balaban J connectivity index is 1.40. The van der Waals surface area contributed by atoms with Crippen molar-refractivity contribution in [3.8, 4) is 0 Å². The third-order valence-electron chi connectivity index (χ3n) is 4.34. The van der Waals surface area contributed by atoms with Crippen molar-refractivity contribution in [3.05, 3.63) is 47.7 Å². The quantitative estimate of drug-likeness (QED) is 0.821. The predicted molar refractivity (Wildman–Crippen MR) is 94.2 cm³/mol. The summed E-state index contributed by atoms with van der Waals surface area (Å²) in [7, 11) is 0. The summed E-state index contributed by atoms with van der Waals surface area (Å²) in [6.07, 6.45) is -0.481. The minimum atomic E-state index is -0.481. The molecule has 1 unspecified atom stereocenters. The number of benzene rings is 1. The van der Waals surface area contributed by atoms with E-state index in [9.17, 15) is 9.90 Å². The second kappa shape index (κ2) is 8.24. The van der Waals surface area contributed by atoms with Crippen molar-refractivity contribution in [3.63, 3.8) is 0 Å². The maximum Gasteiger partial charge on any atom is 0.240 e. The van der Waals surface area contributed by atoms with Crippen LogP contribution in [0.25, 0.3) is 0 Å². The number of nitrogens with zero attached hydrogens (tertiary/aromatic N) is 3. The first-order chi connectivity index (χ1) is 12.1. The lowest BCUT2D eigenvalue weighted by Crippen LogP contribution is -2.49. The van der Waals surface area contributed by atoms with E-state index in [-0.39, 0.29) is 5.91 Å². The molecule has 3 rings (SSSR count). The van der Waals surface area contributed by atoms with Crippen LogP contribution in [0.3, 0.4) is 0 Å². The molecule has 1 aromatic carbocycles. The van der Waals surface area contributed by atoms with Crippen LogP contribution in [0.1, 0.15) is 17.4 Å². The SMILES string of the molecule is Cc1cc(NC(=O)CN2CCN(CC(O)c3ccccc3)CC2)on1. The van der Waals surface area contributed by atoms with Gasteiger partial charge in [0.25, 0.3) is 0 Å². The minimum absolute atomic E-state index is 0.103. The second-order valence-electron chi connectivity index (χ2n) is 6.38. The molecule has 1 fully saturated rings. The molecule has 1 saturated heterocycles. The van der Waals surface area contributed by atoms with Crippen LogP contribution >= 0.6 is 0 Å². The molecule has 0 radical (unpaired) electrons. The fourth-order valence-corrected chi connectivity index (χ4v) is 2.96. The molecule has 0 bridgehead atoms. The van der Waals surface area contributed by atoms with Gasteiger partial charge in [-0.2, -0.15) is 0 Å². The standard InChI is InChI=1S/C18H24N4O3/c1-14-11-18(25-20-14)19-17(24)13-22-9-7-21(8-10-22)12-16(23)15-5-3-2-4-6-15/h2-6,11,16,23H,7-10,12-13H2,1H3,(H,19,24). The largest absolute Gasteiger partial charge is 0.387 e. The average Bonchev–Trinajstić information content (AvgIpc) is 3.02. The number of nitrogens with one attached hydrogen (secondary N) is 1. The Kier molecular flexibility index (Phi) is 5.80. The molecule has 1 aromatic heterocycles. The van der Waals surface area contributed by atoms with Gasteiger partial charge in [0.2, 0.25) is 11.8 Å². The smallest absolute Gasteiger partial charge is 0.240 e. The summed E-state index contributed by atoms with van der Waals surface area (Å²) in [4.78, 5) is 16.4. The van der Waals surface area contributed by atoms with Crippen molar-refractivity contribution in [1.82, 2.24) is 15.0 Å². The van der Waals surface area contributed by atoms with Gasteiger partial charge in [0.15, 0.2) is 0 Å². The Morgan fingerprint density at radius 2 is 1.92 bits per heavy atom. The van der Waals surface area contributed by atoms with Crippen LogP contribution in [0, 0.1) is 6.92 Å². The number of piperazine rings is 1. The number of aromatic nitrogens is 1. The molecule has 2 N–H and O–H groups in total. The zero-order valence-electron chi connectivity index (χ0n) is 14.4. The van der Waals surface area contributed by atoms with Gasteiger partial charge in [-0.1, -0.05) is 35.5 Å². The van der Waals surface area contributed by atoms with E-state index in [1.54, 1.807) is 6.07 Å². The Bertz CT molecular complexity index is 681. The van der Waals surface area contributed by atoms with Gasteiger partial charge in [0, 0.05) is 38.8 Å². The van der Waals surface area contributed by atoms with Crippen LogP contribution in [-0.4, -0.2) is 65.2 Å². The number of amides is 1. The van der Waals surface area contributed by atoms with Gasteiger partial charge in [-0.05, 0) is 12.5 Å². The van der Waals surface area contributed by atoms with E-state index in [0.717, 1.165) is 37.4 Å².